The summed E-state index contributed by atoms with van der Waals surface area (Å²) in [6, 6.07) is 4.75. The Morgan fingerprint density at radius 2 is 2.22 bits per heavy atom. The zero-order valence-electron chi connectivity index (χ0n) is 14.8. The first kappa shape index (κ1) is 20.1. The fourth-order valence-electron chi connectivity index (χ4n) is 2.74. The van der Waals surface area contributed by atoms with Crippen molar-refractivity contribution in [2.75, 3.05) is 31.0 Å². The van der Waals surface area contributed by atoms with Gasteiger partial charge in [0.2, 0.25) is 5.91 Å². The van der Waals surface area contributed by atoms with Crippen molar-refractivity contribution in [3.63, 3.8) is 0 Å². The van der Waals surface area contributed by atoms with E-state index in [1.54, 1.807) is 29.3 Å². The van der Waals surface area contributed by atoms with Crippen molar-refractivity contribution in [1.29, 1.82) is 0 Å². The SMILES string of the molecule is Cc1c(Cl)cccc1S(=O)(=O)Nc1nc(CCN2CCCOCC2=O)cs1. The van der Waals surface area contributed by atoms with Crippen LogP contribution >= 0.6 is 22.9 Å². The van der Waals surface area contributed by atoms with Gasteiger partial charge >= 0.3 is 0 Å². The molecule has 1 aliphatic heterocycles. The summed E-state index contributed by atoms with van der Waals surface area (Å²) >= 11 is 7.23. The molecule has 27 heavy (non-hydrogen) atoms. The fraction of sp³-hybridized carbons (Fsp3) is 0.412. The lowest BCUT2D eigenvalue weighted by Crippen LogP contribution is -2.34. The summed E-state index contributed by atoms with van der Waals surface area (Å²) in [5, 5.41) is 2.47. The van der Waals surface area contributed by atoms with Crippen molar-refractivity contribution in [2.45, 2.75) is 24.7 Å². The number of carbonyl (C=O) groups is 1. The topological polar surface area (TPSA) is 88.6 Å². The predicted octanol–water partition coefficient (Wildman–Crippen LogP) is 2.70. The molecule has 0 spiro atoms. The third-order valence-electron chi connectivity index (χ3n) is 4.21. The molecule has 146 valence electrons. The van der Waals surface area contributed by atoms with E-state index in [0.717, 1.165) is 12.1 Å². The number of halogens is 1. The van der Waals surface area contributed by atoms with Gasteiger partial charge in [0.05, 0.1) is 10.6 Å². The lowest BCUT2D eigenvalue weighted by atomic mass is 10.2. The van der Waals surface area contributed by atoms with Crippen LogP contribution in [-0.4, -0.2) is 50.5 Å². The molecule has 0 bridgehead atoms. The van der Waals surface area contributed by atoms with Gasteiger partial charge in [-0.1, -0.05) is 17.7 Å². The summed E-state index contributed by atoms with van der Waals surface area (Å²) in [7, 11) is -3.77. The monoisotopic (exact) mass is 429 g/mol. The molecule has 1 aromatic carbocycles. The molecule has 1 amide bonds. The average molecular weight is 430 g/mol. The molecule has 1 aliphatic rings. The molecule has 2 aromatic rings. The summed E-state index contributed by atoms with van der Waals surface area (Å²) in [6.07, 6.45) is 1.37. The number of nitrogens with one attached hydrogen (secondary N) is 1. The minimum Gasteiger partial charge on any atom is -0.372 e. The standard InChI is InChI=1S/C17H20ClN3O4S2/c1-12-14(18)4-2-5-15(12)27(23,24)20-17-19-13(11-26-17)6-8-21-7-3-9-25-10-16(21)22/h2,4-5,11H,3,6-10H2,1H3,(H,19,20). The van der Waals surface area contributed by atoms with Crippen LogP contribution in [0.25, 0.3) is 0 Å². The molecule has 1 saturated heterocycles. The first-order valence-electron chi connectivity index (χ1n) is 8.44. The maximum absolute atomic E-state index is 12.6. The Kier molecular flexibility index (Phi) is 6.36. The molecule has 1 N–H and O–H groups in total. The average Bonchev–Trinajstić information content (AvgIpc) is 2.95. The lowest BCUT2D eigenvalue weighted by molar-refractivity contribution is -0.133. The number of anilines is 1. The second kappa shape index (κ2) is 8.55. The number of nitrogens with zero attached hydrogens (tertiary/aromatic N) is 2. The molecule has 10 heteroatoms. The van der Waals surface area contributed by atoms with E-state index >= 15 is 0 Å². The van der Waals surface area contributed by atoms with Crippen LogP contribution in [0.5, 0.6) is 0 Å². The highest BCUT2D eigenvalue weighted by Gasteiger charge is 2.20. The number of ether oxygens (including phenoxy) is 1. The molecule has 1 fully saturated rings. The maximum atomic E-state index is 12.6. The minimum absolute atomic E-state index is 0.0277. The van der Waals surface area contributed by atoms with E-state index in [1.165, 1.54) is 17.4 Å². The van der Waals surface area contributed by atoms with Gasteiger partial charge in [-0.15, -0.1) is 11.3 Å². The Morgan fingerprint density at radius 1 is 1.41 bits per heavy atom. The number of rotatable bonds is 6. The van der Waals surface area contributed by atoms with E-state index < -0.39 is 10.0 Å². The van der Waals surface area contributed by atoms with Gasteiger partial charge in [-0.25, -0.2) is 13.4 Å². The van der Waals surface area contributed by atoms with Gasteiger partial charge in [0.1, 0.15) is 6.61 Å². The molecular formula is C17H20ClN3O4S2. The fourth-order valence-corrected chi connectivity index (χ4v) is 5.23. The molecule has 2 heterocycles. The van der Waals surface area contributed by atoms with Crippen molar-refractivity contribution in [2.24, 2.45) is 0 Å². The van der Waals surface area contributed by atoms with Crippen molar-refractivity contribution in [3.8, 4) is 0 Å². The molecule has 0 radical (unpaired) electrons. The highest BCUT2D eigenvalue weighted by atomic mass is 35.5. The van der Waals surface area contributed by atoms with Crippen LogP contribution in [0.3, 0.4) is 0 Å². The molecular weight excluding hydrogens is 410 g/mol. The predicted molar refractivity (Wildman–Crippen MR) is 105 cm³/mol. The minimum atomic E-state index is -3.77. The summed E-state index contributed by atoms with van der Waals surface area (Å²) in [5.41, 5.74) is 1.23. The van der Waals surface area contributed by atoms with Gasteiger partial charge < -0.3 is 9.64 Å². The molecule has 0 aliphatic carbocycles. The second-order valence-electron chi connectivity index (χ2n) is 6.15. The number of carbonyl (C=O) groups excluding carboxylic acids is 1. The van der Waals surface area contributed by atoms with E-state index in [-0.39, 0.29) is 22.5 Å². The largest absolute Gasteiger partial charge is 0.372 e. The van der Waals surface area contributed by atoms with Crippen molar-refractivity contribution >= 4 is 44.0 Å². The Morgan fingerprint density at radius 3 is 3.04 bits per heavy atom. The number of hydrogen-bond donors (Lipinski definition) is 1. The van der Waals surface area contributed by atoms with Crippen LogP contribution in [-0.2, 0) is 26.0 Å². The van der Waals surface area contributed by atoms with Gasteiger partial charge in [-0.2, -0.15) is 0 Å². The zero-order valence-corrected chi connectivity index (χ0v) is 17.2. The highest BCUT2D eigenvalue weighted by Crippen LogP contribution is 2.26. The maximum Gasteiger partial charge on any atom is 0.263 e. The Hall–Kier alpha value is -1.68. The number of hydrogen-bond acceptors (Lipinski definition) is 6. The molecule has 0 saturated carbocycles. The van der Waals surface area contributed by atoms with Gasteiger partial charge in [0.15, 0.2) is 5.13 Å². The van der Waals surface area contributed by atoms with Gasteiger partial charge in [0, 0.05) is 36.5 Å². The van der Waals surface area contributed by atoms with E-state index in [4.69, 9.17) is 16.3 Å². The van der Waals surface area contributed by atoms with Crippen molar-refractivity contribution < 1.29 is 17.9 Å². The highest BCUT2D eigenvalue weighted by molar-refractivity contribution is 7.93. The van der Waals surface area contributed by atoms with E-state index in [0.29, 0.717) is 36.7 Å². The van der Waals surface area contributed by atoms with Crippen molar-refractivity contribution in [3.05, 3.63) is 39.9 Å². The zero-order chi connectivity index (χ0) is 19.4. The third kappa shape index (κ3) is 4.98. The number of sulfonamides is 1. The molecule has 7 nitrogen and oxygen atoms in total. The number of thiazole rings is 1. The first-order valence-corrected chi connectivity index (χ1v) is 11.2. The summed E-state index contributed by atoms with van der Waals surface area (Å²) in [6.45, 7) is 3.56. The molecule has 3 rings (SSSR count). The first-order chi connectivity index (χ1) is 12.9. The van der Waals surface area contributed by atoms with Gasteiger partial charge in [0.25, 0.3) is 10.0 Å². The Bertz CT molecular complexity index is 930. The normalized spacial score (nSPS) is 15.6. The van der Waals surface area contributed by atoms with Gasteiger partial charge in [-0.05, 0) is 31.0 Å². The third-order valence-corrected chi connectivity index (χ3v) is 7.04. The Labute approximate surface area is 167 Å². The van der Waals surface area contributed by atoms with Gasteiger partial charge in [-0.3, -0.25) is 9.52 Å². The number of aromatic nitrogens is 1. The number of benzene rings is 1. The molecule has 1 aromatic heterocycles. The van der Waals surface area contributed by atoms with Crippen molar-refractivity contribution in [1.82, 2.24) is 9.88 Å². The molecule has 0 unspecified atom stereocenters. The van der Waals surface area contributed by atoms with E-state index in [9.17, 15) is 13.2 Å². The van der Waals surface area contributed by atoms with Crippen LogP contribution in [0, 0.1) is 6.92 Å². The van der Waals surface area contributed by atoms with E-state index in [2.05, 4.69) is 9.71 Å². The summed E-state index contributed by atoms with van der Waals surface area (Å²) in [5.74, 6) is -0.0277. The van der Waals surface area contributed by atoms with Crippen LogP contribution in [0.4, 0.5) is 5.13 Å². The summed E-state index contributed by atoms with van der Waals surface area (Å²) < 4.78 is 32.9. The van der Waals surface area contributed by atoms with Crippen LogP contribution < -0.4 is 4.72 Å². The number of amides is 1. The van der Waals surface area contributed by atoms with Crippen LogP contribution in [0.15, 0.2) is 28.5 Å². The lowest BCUT2D eigenvalue weighted by Gasteiger charge is -2.18. The molecule has 0 atom stereocenters. The Balaban J connectivity index is 1.65. The smallest absolute Gasteiger partial charge is 0.263 e. The quantitative estimate of drug-likeness (QED) is 0.762. The van der Waals surface area contributed by atoms with Crippen LogP contribution in [0.2, 0.25) is 5.02 Å². The van der Waals surface area contributed by atoms with E-state index in [1.807, 2.05) is 0 Å². The summed E-state index contributed by atoms with van der Waals surface area (Å²) in [4.78, 5) is 18.1. The second-order valence-corrected chi connectivity index (χ2v) is 9.07. The van der Waals surface area contributed by atoms with Crippen LogP contribution in [0.1, 0.15) is 17.7 Å².